The molecule has 0 saturated carbocycles. The second-order valence-electron chi connectivity index (χ2n) is 5.44. The smallest absolute Gasteiger partial charge is 0.193 e. The molecule has 1 atom stereocenters. The lowest BCUT2D eigenvalue weighted by molar-refractivity contribution is -0.927. The normalized spacial score (nSPS) is 28.9. The van der Waals surface area contributed by atoms with Gasteiger partial charge in [0.05, 0.1) is 20.2 Å². The predicted molar refractivity (Wildman–Crippen MR) is 68.9 cm³/mol. The van der Waals surface area contributed by atoms with Crippen molar-refractivity contribution in [1.82, 2.24) is 0 Å². The largest absolute Gasteiger partial charge is 1.00 e. The van der Waals surface area contributed by atoms with Crippen molar-refractivity contribution in [3.63, 3.8) is 0 Å². The summed E-state index contributed by atoms with van der Waals surface area (Å²) in [5, 5.41) is 0. The molecule has 3 aliphatic rings. The molecule has 1 aromatic carbocycles. The number of halogens is 1. The molecule has 1 aromatic rings. The van der Waals surface area contributed by atoms with Crippen molar-refractivity contribution in [3.8, 4) is 5.75 Å². The second kappa shape index (κ2) is 5.93. The van der Waals surface area contributed by atoms with Gasteiger partial charge in [-0.2, -0.15) is 0 Å². The molecule has 19 heavy (non-hydrogen) atoms. The SMILES string of the molecule is COc1ccc(CC2C(=O)C3CC[NH+]2CC3)cc1.[Cl-]. The average Bonchev–Trinajstić information content (AvgIpc) is 2.44. The van der Waals surface area contributed by atoms with Gasteiger partial charge < -0.3 is 22.0 Å². The van der Waals surface area contributed by atoms with Crippen molar-refractivity contribution < 1.29 is 26.8 Å². The predicted octanol–water partition coefficient (Wildman–Crippen LogP) is -2.51. The van der Waals surface area contributed by atoms with Gasteiger partial charge in [0.1, 0.15) is 5.75 Å². The molecule has 3 fully saturated rings. The van der Waals surface area contributed by atoms with Crippen LogP contribution in [0.4, 0.5) is 0 Å². The van der Waals surface area contributed by atoms with Gasteiger partial charge in [0.15, 0.2) is 11.8 Å². The molecule has 104 valence electrons. The number of ketones is 1. The van der Waals surface area contributed by atoms with E-state index in [2.05, 4.69) is 12.1 Å². The maximum absolute atomic E-state index is 12.3. The molecule has 0 spiro atoms. The lowest BCUT2D eigenvalue weighted by Gasteiger charge is -2.41. The molecule has 4 rings (SSSR count). The molecular weight excluding hydrogens is 262 g/mol. The Balaban J connectivity index is 0.00000133. The van der Waals surface area contributed by atoms with Gasteiger partial charge in [0.25, 0.3) is 0 Å². The van der Waals surface area contributed by atoms with Crippen LogP contribution >= 0.6 is 0 Å². The monoisotopic (exact) mass is 281 g/mol. The minimum Gasteiger partial charge on any atom is -1.00 e. The highest BCUT2D eigenvalue weighted by atomic mass is 35.5. The van der Waals surface area contributed by atoms with Gasteiger partial charge in [-0.1, -0.05) is 12.1 Å². The highest BCUT2D eigenvalue weighted by molar-refractivity contribution is 5.86. The molecule has 3 heterocycles. The summed E-state index contributed by atoms with van der Waals surface area (Å²) in [6.07, 6.45) is 3.09. The van der Waals surface area contributed by atoms with Crippen molar-refractivity contribution in [1.29, 1.82) is 0 Å². The first-order valence-corrected chi connectivity index (χ1v) is 6.79. The summed E-state index contributed by atoms with van der Waals surface area (Å²) in [6, 6.07) is 8.31. The Morgan fingerprint density at radius 2 is 1.84 bits per heavy atom. The number of methoxy groups -OCH3 is 1. The van der Waals surface area contributed by atoms with Crippen LogP contribution in [-0.4, -0.2) is 32.0 Å². The molecule has 1 unspecified atom stereocenters. The van der Waals surface area contributed by atoms with Crippen LogP contribution in [0, 0.1) is 5.92 Å². The Hall–Kier alpha value is -1.06. The number of carbonyl (C=O) groups is 1. The van der Waals surface area contributed by atoms with Gasteiger partial charge in [-0.3, -0.25) is 4.79 Å². The van der Waals surface area contributed by atoms with Crippen molar-refractivity contribution in [2.24, 2.45) is 5.92 Å². The van der Waals surface area contributed by atoms with E-state index in [1.807, 2.05) is 12.1 Å². The number of piperidine rings is 3. The fraction of sp³-hybridized carbons (Fsp3) is 0.533. The third-order valence-electron chi connectivity index (χ3n) is 4.47. The van der Waals surface area contributed by atoms with E-state index in [-0.39, 0.29) is 18.4 Å². The molecule has 1 N–H and O–H groups in total. The third kappa shape index (κ3) is 2.77. The molecule has 3 nitrogen and oxygen atoms in total. The van der Waals surface area contributed by atoms with Gasteiger partial charge in [-0.25, -0.2) is 0 Å². The zero-order chi connectivity index (χ0) is 12.5. The van der Waals surface area contributed by atoms with E-state index in [4.69, 9.17) is 4.74 Å². The third-order valence-corrected chi connectivity index (χ3v) is 4.47. The van der Waals surface area contributed by atoms with E-state index in [9.17, 15) is 4.79 Å². The number of carbonyl (C=O) groups excluding carboxylic acids is 1. The zero-order valence-corrected chi connectivity index (χ0v) is 12.0. The molecule has 4 heteroatoms. The Labute approximate surface area is 120 Å². The number of quaternary nitrogens is 1. The van der Waals surface area contributed by atoms with Crippen LogP contribution < -0.4 is 22.0 Å². The Bertz CT molecular complexity index is 438. The summed E-state index contributed by atoms with van der Waals surface area (Å²) in [5.41, 5.74) is 1.24. The van der Waals surface area contributed by atoms with Crippen LogP contribution in [0.5, 0.6) is 5.75 Å². The maximum atomic E-state index is 12.3. The molecule has 3 saturated heterocycles. The fourth-order valence-electron chi connectivity index (χ4n) is 3.35. The van der Waals surface area contributed by atoms with Crippen LogP contribution in [-0.2, 0) is 11.2 Å². The van der Waals surface area contributed by atoms with E-state index in [1.54, 1.807) is 7.11 Å². The standard InChI is InChI=1S/C15H19NO2.ClH/c1-18-13-4-2-11(3-5-13)10-14-15(17)12-6-8-16(14)9-7-12;/h2-5,12,14H,6-10H2,1H3;1H. The van der Waals surface area contributed by atoms with Crippen LogP contribution in [0.3, 0.4) is 0 Å². The van der Waals surface area contributed by atoms with Gasteiger partial charge in [-0.15, -0.1) is 0 Å². The van der Waals surface area contributed by atoms with E-state index in [0.717, 1.165) is 25.0 Å². The van der Waals surface area contributed by atoms with E-state index < -0.39 is 0 Å². The van der Waals surface area contributed by atoms with Crippen molar-refractivity contribution >= 4 is 5.78 Å². The number of hydrogen-bond acceptors (Lipinski definition) is 2. The summed E-state index contributed by atoms with van der Waals surface area (Å²) >= 11 is 0. The van der Waals surface area contributed by atoms with Crippen molar-refractivity contribution in [3.05, 3.63) is 29.8 Å². The number of benzene rings is 1. The Morgan fingerprint density at radius 3 is 2.37 bits per heavy atom. The lowest BCUT2D eigenvalue weighted by Crippen LogP contribution is -3.20. The number of fused-ring (bicyclic) bond motifs is 3. The molecule has 0 amide bonds. The van der Waals surface area contributed by atoms with Gasteiger partial charge in [0.2, 0.25) is 0 Å². The molecule has 3 aliphatic heterocycles. The molecule has 2 bridgehead atoms. The Morgan fingerprint density at radius 1 is 1.21 bits per heavy atom. The summed E-state index contributed by atoms with van der Waals surface area (Å²) in [5.74, 6) is 1.73. The number of nitrogens with one attached hydrogen (secondary N) is 1. The van der Waals surface area contributed by atoms with E-state index in [1.165, 1.54) is 23.6 Å². The zero-order valence-electron chi connectivity index (χ0n) is 11.2. The quantitative estimate of drug-likeness (QED) is 0.664. The van der Waals surface area contributed by atoms with Crippen LogP contribution in [0.25, 0.3) is 0 Å². The van der Waals surface area contributed by atoms with E-state index in [0.29, 0.717) is 11.7 Å². The highest BCUT2D eigenvalue weighted by Crippen LogP contribution is 2.20. The second-order valence-corrected chi connectivity index (χ2v) is 5.44. The summed E-state index contributed by atoms with van der Waals surface area (Å²) in [6.45, 7) is 2.36. The number of Topliss-reactive ketones (excluding diaryl/α,β-unsaturated/α-hetero) is 1. The number of rotatable bonds is 3. The van der Waals surface area contributed by atoms with Crippen LogP contribution in [0.15, 0.2) is 24.3 Å². The van der Waals surface area contributed by atoms with Crippen LogP contribution in [0.2, 0.25) is 0 Å². The van der Waals surface area contributed by atoms with Gasteiger partial charge in [-0.05, 0) is 17.7 Å². The summed E-state index contributed by atoms with van der Waals surface area (Å²) in [4.78, 5) is 13.8. The minimum absolute atomic E-state index is 0. The highest BCUT2D eigenvalue weighted by Gasteiger charge is 2.44. The first-order valence-electron chi connectivity index (χ1n) is 6.79. The number of ether oxygens (including phenoxy) is 1. The first-order chi connectivity index (χ1) is 8.78. The average molecular weight is 282 g/mol. The number of hydrogen-bond donors (Lipinski definition) is 1. The van der Waals surface area contributed by atoms with Crippen LogP contribution in [0.1, 0.15) is 18.4 Å². The molecule has 0 aromatic heterocycles. The van der Waals surface area contributed by atoms with E-state index >= 15 is 0 Å². The maximum Gasteiger partial charge on any atom is 0.193 e. The Kier molecular flexibility index (Phi) is 4.48. The molecule has 0 radical (unpaired) electrons. The fourth-order valence-corrected chi connectivity index (χ4v) is 3.35. The van der Waals surface area contributed by atoms with Crippen molar-refractivity contribution in [2.45, 2.75) is 25.3 Å². The molecule has 0 aliphatic carbocycles. The summed E-state index contributed by atoms with van der Waals surface area (Å²) < 4.78 is 5.16. The summed E-state index contributed by atoms with van der Waals surface area (Å²) in [7, 11) is 1.68. The van der Waals surface area contributed by atoms with Gasteiger partial charge in [0, 0.05) is 25.2 Å². The topological polar surface area (TPSA) is 30.7 Å². The molecular formula is C15H20ClNO2. The van der Waals surface area contributed by atoms with Crippen molar-refractivity contribution in [2.75, 3.05) is 20.2 Å². The minimum atomic E-state index is 0. The first kappa shape index (κ1) is 14.4. The lowest BCUT2D eigenvalue weighted by atomic mass is 9.80. The van der Waals surface area contributed by atoms with Gasteiger partial charge >= 0.3 is 0 Å².